The van der Waals surface area contributed by atoms with Crippen LogP contribution in [0.25, 0.3) is 0 Å². The molecule has 0 radical (unpaired) electrons. The van der Waals surface area contributed by atoms with E-state index in [2.05, 4.69) is 10.1 Å². The van der Waals surface area contributed by atoms with Crippen LogP contribution in [0.5, 0.6) is 5.75 Å². The Kier molecular flexibility index (Phi) is 4.92. The highest BCUT2D eigenvalue weighted by Gasteiger charge is 2.35. The molecule has 22 heavy (non-hydrogen) atoms. The predicted octanol–water partition coefficient (Wildman–Crippen LogP) is 1.71. The molecule has 122 valence electrons. The highest BCUT2D eigenvalue weighted by atomic mass is 19.4. The third-order valence-electron chi connectivity index (χ3n) is 3.45. The monoisotopic (exact) mass is 318 g/mol. The first-order valence-electron chi connectivity index (χ1n) is 6.78. The Hall–Kier alpha value is -1.80. The molecule has 8 heteroatoms. The Labute approximate surface area is 125 Å². The maximum absolute atomic E-state index is 12.1. The zero-order valence-corrected chi connectivity index (χ0v) is 11.8. The molecule has 2 rings (SSSR count). The lowest BCUT2D eigenvalue weighted by Crippen LogP contribution is -2.56. The molecule has 1 aromatic carbocycles. The summed E-state index contributed by atoms with van der Waals surface area (Å²) < 4.78 is 45.1. The summed E-state index contributed by atoms with van der Waals surface area (Å²) in [6.45, 7) is 1.06. The quantitative estimate of drug-likeness (QED) is 0.886. The number of amides is 1. The normalized spacial score (nSPS) is 17.8. The van der Waals surface area contributed by atoms with Gasteiger partial charge >= 0.3 is 6.36 Å². The summed E-state index contributed by atoms with van der Waals surface area (Å²) in [5.74, 6) is -0.589. The average Bonchev–Trinajstić information content (AvgIpc) is 2.45. The zero-order valence-electron chi connectivity index (χ0n) is 11.8. The summed E-state index contributed by atoms with van der Waals surface area (Å²) in [6, 6.07) is 5.30. The van der Waals surface area contributed by atoms with Crippen LogP contribution in [0.3, 0.4) is 0 Å². The highest BCUT2D eigenvalue weighted by molar-refractivity contribution is 5.86. The molecule has 0 aromatic heterocycles. The van der Waals surface area contributed by atoms with Crippen molar-refractivity contribution in [1.82, 2.24) is 5.32 Å². The number of hydrogen-bond acceptors (Lipinski definition) is 4. The van der Waals surface area contributed by atoms with E-state index in [9.17, 15) is 18.0 Å². The topological polar surface area (TPSA) is 73.6 Å². The minimum atomic E-state index is -4.72. The summed E-state index contributed by atoms with van der Waals surface area (Å²) in [5, 5.41) is 2.69. The van der Waals surface area contributed by atoms with Gasteiger partial charge in [0.25, 0.3) is 0 Å². The molecule has 0 spiro atoms. The van der Waals surface area contributed by atoms with Gasteiger partial charge in [-0.2, -0.15) is 0 Å². The van der Waals surface area contributed by atoms with Crippen LogP contribution in [0.4, 0.5) is 13.2 Å². The number of halogens is 3. The Morgan fingerprint density at radius 1 is 1.27 bits per heavy atom. The molecular formula is C14H17F3N2O3. The van der Waals surface area contributed by atoms with Gasteiger partial charge in [-0.25, -0.2) is 0 Å². The fraction of sp³-hybridized carbons (Fsp3) is 0.500. The fourth-order valence-corrected chi connectivity index (χ4v) is 2.13. The van der Waals surface area contributed by atoms with Gasteiger partial charge in [0, 0.05) is 19.8 Å². The van der Waals surface area contributed by atoms with Gasteiger partial charge in [-0.1, -0.05) is 12.1 Å². The second-order valence-electron chi connectivity index (χ2n) is 5.14. The minimum Gasteiger partial charge on any atom is -0.406 e. The minimum absolute atomic E-state index is 0.185. The smallest absolute Gasteiger partial charge is 0.406 e. The number of ether oxygens (including phenoxy) is 2. The highest BCUT2D eigenvalue weighted by Crippen LogP contribution is 2.23. The second-order valence-corrected chi connectivity index (χ2v) is 5.14. The molecular weight excluding hydrogens is 301 g/mol. The van der Waals surface area contributed by atoms with Crippen molar-refractivity contribution >= 4 is 5.91 Å². The van der Waals surface area contributed by atoms with E-state index < -0.39 is 11.9 Å². The van der Waals surface area contributed by atoms with Gasteiger partial charge in [0.1, 0.15) is 5.75 Å². The maximum atomic E-state index is 12.1. The van der Waals surface area contributed by atoms with E-state index in [0.717, 1.165) is 0 Å². The van der Waals surface area contributed by atoms with Crippen molar-refractivity contribution in [3.8, 4) is 5.75 Å². The number of alkyl halides is 3. The first kappa shape index (κ1) is 16.6. The lowest BCUT2D eigenvalue weighted by molar-refractivity contribution is -0.274. The Bertz CT molecular complexity index is 511. The van der Waals surface area contributed by atoms with E-state index in [1.807, 2.05) is 0 Å². The first-order valence-corrected chi connectivity index (χ1v) is 6.78. The molecule has 0 atom stereocenters. The largest absolute Gasteiger partial charge is 0.573 e. The third-order valence-corrected chi connectivity index (χ3v) is 3.45. The van der Waals surface area contributed by atoms with Gasteiger partial charge in [0.15, 0.2) is 0 Å². The molecule has 0 bridgehead atoms. The number of nitrogens with two attached hydrogens (primary N) is 1. The van der Waals surface area contributed by atoms with Crippen LogP contribution >= 0.6 is 0 Å². The van der Waals surface area contributed by atoms with E-state index in [-0.39, 0.29) is 18.2 Å². The molecule has 1 heterocycles. The number of carbonyl (C=O) groups excluding carboxylic acids is 1. The SMILES string of the molecule is NC1(C(=O)NCc2ccc(OC(F)(F)F)cc2)CCOCC1. The van der Waals surface area contributed by atoms with E-state index in [1.165, 1.54) is 24.3 Å². The maximum Gasteiger partial charge on any atom is 0.573 e. The molecule has 0 saturated carbocycles. The number of rotatable bonds is 4. The van der Waals surface area contributed by atoms with Crippen molar-refractivity contribution < 1.29 is 27.4 Å². The van der Waals surface area contributed by atoms with Gasteiger partial charge in [-0.05, 0) is 30.5 Å². The van der Waals surface area contributed by atoms with E-state index in [0.29, 0.717) is 31.6 Å². The number of carbonyl (C=O) groups is 1. The first-order chi connectivity index (χ1) is 10.3. The van der Waals surface area contributed by atoms with Crippen LogP contribution in [0.15, 0.2) is 24.3 Å². The van der Waals surface area contributed by atoms with Crippen molar-refractivity contribution in [3.63, 3.8) is 0 Å². The zero-order chi connectivity index (χ0) is 16.2. The Morgan fingerprint density at radius 3 is 2.41 bits per heavy atom. The summed E-state index contributed by atoms with van der Waals surface area (Å²) >= 11 is 0. The van der Waals surface area contributed by atoms with Crippen LogP contribution in [-0.2, 0) is 16.1 Å². The van der Waals surface area contributed by atoms with Crippen LogP contribution < -0.4 is 15.8 Å². The van der Waals surface area contributed by atoms with Gasteiger partial charge in [0.05, 0.1) is 5.54 Å². The number of hydrogen-bond donors (Lipinski definition) is 2. The van der Waals surface area contributed by atoms with Crippen LogP contribution in [0.2, 0.25) is 0 Å². The van der Waals surface area contributed by atoms with E-state index >= 15 is 0 Å². The molecule has 1 aliphatic rings. The summed E-state index contributed by atoms with van der Waals surface area (Å²) in [7, 11) is 0. The average molecular weight is 318 g/mol. The molecule has 0 aliphatic carbocycles. The van der Waals surface area contributed by atoms with Gasteiger partial charge in [0.2, 0.25) is 5.91 Å². The molecule has 0 unspecified atom stereocenters. The Balaban J connectivity index is 1.87. The van der Waals surface area contributed by atoms with Crippen molar-refractivity contribution in [2.75, 3.05) is 13.2 Å². The van der Waals surface area contributed by atoms with Crippen molar-refractivity contribution in [1.29, 1.82) is 0 Å². The predicted molar refractivity (Wildman–Crippen MR) is 71.9 cm³/mol. The second kappa shape index (κ2) is 6.53. The van der Waals surface area contributed by atoms with Gasteiger partial charge in [-0.3, -0.25) is 4.79 Å². The molecule has 1 saturated heterocycles. The van der Waals surface area contributed by atoms with Gasteiger partial charge < -0.3 is 20.5 Å². The van der Waals surface area contributed by atoms with Crippen LogP contribution in [-0.4, -0.2) is 31.0 Å². The standard InChI is InChI=1S/C14H17F3N2O3/c15-14(16,17)22-11-3-1-10(2-4-11)9-19-12(20)13(18)5-7-21-8-6-13/h1-4H,5-9,18H2,(H,19,20). The molecule has 1 amide bonds. The summed E-state index contributed by atoms with van der Waals surface area (Å²) in [5.41, 5.74) is 5.73. The van der Waals surface area contributed by atoms with Crippen molar-refractivity contribution in [3.05, 3.63) is 29.8 Å². The number of nitrogens with one attached hydrogen (secondary N) is 1. The summed E-state index contributed by atoms with van der Waals surface area (Å²) in [4.78, 5) is 12.1. The molecule has 5 nitrogen and oxygen atoms in total. The molecule has 1 fully saturated rings. The lowest BCUT2D eigenvalue weighted by Gasteiger charge is -2.31. The molecule has 1 aliphatic heterocycles. The summed E-state index contributed by atoms with van der Waals surface area (Å²) in [6.07, 6.45) is -3.83. The molecule has 1 aromatic rings. The van der Waals surface area contributed by atoms with Gasteiger partial charge in [-0.15, -0.1) is 13.2 Å². The molecule has 3 N–H and O–H groups in total. The Morgan fingerprint density at radius 2 is 1.86 bits per heavy atom. The lowest BCUT2D eigenvalue weighted by atomic mass is 9.90. The van der Waals surface area contributed by atoms with Crippen LogP contribution in [0, 0.1) is 0 Å². The van der Waals surface area contributed by atoms with E-state index in [1.54, 1.807) is 0 Å². The third kappa shape index (κ3) is 4.60. The van der Waals surface area contributed by atoms with Crippen molar-refractivity contribution in [2.45, 2.75) is 31.3 Å². The fourth-order valence-electron chi connectivity index (χ4n) is 2.13. The number of benzene rings is 1. The van der Waals surface area contributed by atoms with Crippen LogP contribution in [0.1, 0.15) is 18.4 Å². The van der Waals surface area contributed by atoms with E-state index in [4.69, 9.17) is 10.5 Å². The van der Waals surface area contributed by atoms with Crippen molar-refractivity contribution in [2.24, 2.45) is 5.73 Å².